The van der Waals surface area contributed by atoms with E-state index in [1.165, 1.54) is 7.11 Å². The van der Waals surface area contributed by atoms with Gasteiger partial charge in [-0.2, -0.15) is 0 Å². The van der Waals surface area contributed by atoms with Gasteiger partial charge in [0.1, 0.15) is 31.0 Å². The molecule has 266 valence electrons. The molecule has 3 heterocycles. The summed E-state index contributed by atoms with van der Waals surface area (Å²) in [6.07, 6.45) is 3.20. The highest BCUT2D eigenvalue weighted by Crippen LogP contribution is 2.70. The second-order valence-corrected chi connectivity index (χ2v) is 16.4. The van der Waals surface area contributed by atoms with E-state index in [4.69, 9.17) is 28.4 Å². The van der Waals surface area contributed by atoms with E-state index in [2.05, 4.69) is 13.8 Å². The van der Waals surface area contributed by atoms with Crippen molar-refractivity contribution in [3.63, 3.8) is 0 Å². The molecule has 0 bridgehead atoms. The SMILES string of the molecule is CO[C@H]1[C@@H](O)[C@@H](C)O[C@@H](O[C@H]2[C@@H](O)C[C@H](O[C@H]3CC[C@@]4(C)[C@H](CC[C@@H]5[C@@H]4CC[C@]4(C)[C@@H](C6=CC(=O)OC6)CC[C@]54O)C3)O[C@@H]2C)[C@@H]1O. The van der Waals surface area contributed by atoms with Gasteiger partial charge in [-0.3, -0.25) is 0 Å². The van der Waals surface area contributed by atoms with Gasteiger partial charge in [-0.25, -0.2) is 4.79 Å². The van der Waals surface area contributed by atoms with Gasteiger partial charge in [0, 0.05) is 25.0 Å². The largest absolute Gasteiger partial charge is 0.458 e. The minimum atomic E-state index is -1.22. The smallest absolute Gasteiger partial charge is 0.331 e. The first-order valence-corrected chi connectivity index (χ1v) is 18.1. The van der Waals surface area contributed by atoms with Crippen LogP contribution in [0.4, 0.5) is 0 Å². The molecule has 2 saturated heterocycles. The lowest BCUT2D eigenvalue weighted by Crippen LogP contribution is -2.62. The van der Waals surface area contributed by atoms with E-state index < -0.39 is 60.9 Å². The number of fused-ring (bicyclic) bond motifs is 5. The van der Waals surface area contributed by atoms with Crippen LogP contribution in [0.2, 0.25) is 0 Å². The lowest BCUT2D eigenvalue weighted by Gasteiger charge is -2.64. The van der Waals surface area contributed by atoms with Crippen molar-refractivity contribution in [1.82, 2.24) is 0 Å². The van der Waals surface area contributed by atoms with E-state index >= 15 is 0 Å². The molecule has 7 aliphatic rings. The number of aliphatic hydroxyl groups is 4. The van der Waals surface area contributed by atoms with Gasteiger partial charge in [-0.1, -0.05) is 13.8 Å². The van der Waals surface area contributed by atoms with Gasteiger partial charge in [0.15, 0.2) is 12.6 Å². The molecular formula is C36H56O11. The molecule has 0 aromatic heterocycles. The number of aliphatic hydroxyl groups excluding tert-OH is 3. The molecule has 4 aliphatic carbocycles. The van der Waals surface area contributed by atoms with Crippen molar-refractivity contribution in [3.8, 4) is 0 Å². The first-order valence-electron chi connectivity index (χ1n) is 18.1. The van der Waals surface area contributed by atoms with Crippen LogP contribution in [0, 0.1) is 34.5 Å². The number of rotatable bonds is 6. The molecule has 0 unspecified atom stereocenters. The van der Waals surface area contributed by atoms with Crippen LogP contribution >= 0.6 is 0 Å². The van der Waals surface area contributed by atoms with Gasteiger partial charge >= 0.3 is 5.97 Å². The molecule has 0 radical (unpaired) electrons. The second-order valence-electron chi connectivity index (χ2n) is 16.4. The number of hydrogen-bond donors (Lipinski definition) is 4. The third-order valence-corrected chi connectivity index (χ3v) is 14.3. The van der Waals surface area contributed by atoms with E-state index in [-0.39, 0.29) is 41.2 Å². The molecule has 7 rings (SSSR count). The Labute approximate surface area is 278 Å². The van der Waals surface area contributed by atoms with E-state index in [1.807, 2.05) is 6.92 Å². The normalized spacial score (nSPS) is 54.7. The van der Waals surface area contributed by atoms with Crippen molar-refractivity contribution in [2.75, 3.05) is 13.7 Å². The number of hydrogen-bond acceptors (Lipinski definition) is 11. The molecule has 4 N–H and O–H groups in total. The van der Waals surface area contributed by atoms with Crippen LogP contribution in [-0.4, -0.2) is 107 Å². The highest BCUT2D eigenvalue weighted by atomic mass is 16.7. The zero-order chi connectivity index (χ0) is 33.5. The highest BCUT2D eigenvalue weighted by Gasteiger charge is 2.67. The topological polar surface area (TPSA) is 153 Å². The maximum atomic E-state index is 12.5. The summed E-state index contributed by atoms with van der Waals surface area (Å²) in [5.41, 5.74) is 0.243. The fourth-order valence-corrected chi connectivity index (χ4v) is 11.6. The van der Waals surface area contributed by atoms with Crippen molar-refractivity contribution in [1.29, 1.82) is 0 Å². The quantitative estimate of drug-likeness (QED) is 0.245. The Hall–Kier alpha value is -1.15. The molecule has 0 amide bonds. The van der Waals surface area contributed by atoms with Gasteiger partial charge in [0.2, 0.25) is 0 Å². The molecule has 0 aromatic carbocycles. The number of methoxy groups -OCH3 is 1. The average Bonchev–Trinajstić information content (AvgIpc) is 3.57. The number of carbonyl (C=O) groups is 1. The molecule has 17 atom stereocenters. The van der Waals surface area contributed by atoms with Crippen LogP contribution in [0.25, 0.3) is 0 Å². The number of esters is 1. The Morgan fingerprint density at radius 2 is 1.64 bits per heavy atom. The molecule has 11 heteroatoms. The highest BCUT2D eigenvalue weighted by molar-refractivity contribution is 5.85. The predicted molar refractivity (Wildman–Crippen MR) is 168 cm³/mol. The van der Waals surface area contributed by atoms with Crippen LogP contribution in [0.5, 0.6) is 0 Å². The average molecular weight is 665 g/mol. The molecule has 47 heavy (non-hydrogen) atoms. The third kappa shape index (κ3) is 5.55. The third-order valence-electron chi connectivity index (χ3n) is 14.3. The summed E-state index contributed by atoms with van der Waals surface area (Å²) in [5.74, 6) is 1.16. The predicted octanol–water partition coefficient (Wildman–Crippen LogP) is 2.99. The van der Waals surface area contributed by atoms with Crippen LogP contribution in [-0.2, 0) is 33.2 Å². The summed E-state index contributed by atoms with van der Waals surface area (Å²) < 4.78 is 35.1. The first-order chi connectivity index (χ1) is 22.3. The zero-order valence-corrected chi connectivity index (χ0v) is 28.6. The molecular weight excluding hydrogens is 608 g/mol. The minimum absolute atomic E-state index is 0.0273. The van der Waals surface area contributed by atoms with Crippen LogP contribution in [0.15, 0.2) is 11.6 Å². The van der Waals surface area contributed by atoms with Gasteiger partial charge in [-0.15, -0.1) is 0 Å². The Morgan fingerprint density at radius 3 is 2.34 bits per heavy atom. The second kappa shape index (κ2) is 12.6. The molecule has 0 spiro atoms. The van der Waals surface area contributed by atoms with E-state index in [0.29, 0.717) is 18.4 Å². The van der Waals surface area contributed by atoms with E-state index in [0.717, 1.165) is 63.4 Å². The molecule has 11 nitrogen and oxygen atoms in total. The van der Waals surface area contributed by atoms with Crippen molar-refractivity contribution >= 4 is 5.97 Å². The summed E-state index contributed by atoms with van der Waals surface area (Å²) in [7, 11) is 1.42. The Kier molecular flexibility index (Phi) is 9.17. The maximum Gasteiger partial charge on any atom is 0.331 e. The van der Waals surface area contributed by atoms with Crippen LogP contribution in [0.1, 0.15) is 91.9 Å². The molecule has 3 aliphatic heterocycles. The molecule has 6 fully saturated rings. The van der Waals surface area contributed by atoms with Crippen molar-refractivity contribution in [2.24, 2.45) is 34.5 Å². The summed E-state index contributed by atoms with van der Waals surface area (Å²) in [6, 6.07) is 0. The lowest BCUT2D eigenvalue weighted by atomic mass is 9.43. The van der Waals surface area contributed by atoms with Crippen molar-refractivity contribution < 1.29 is 53.6 Å². The summed E-state index contributed by atoms with van der Waals surface area (Å²) in [4.78, 5) is 11.9. The monoisotopic (exact) mass is 664 g/mol. The fraction of sp³-hybridized carbons (Fsp3) is 0.917. The van der Waals surface area contributed by atoms with Gasteiger partial charge in [-0.05, 0) is 106 Å². The van der Waals surface area contributed by atoms with Crippen LogP contribution in [0.3, 0.4) is 0 Å². The minimum Gasteiger partial charge on any atom is -0.458 e. The lowest BCUT2D eigenvalue weighted by molar-refractivity contribution is -0.342. The summed E-state index contributed by atoms with van der Waals surface area (Å²) >= 11 is 0. The van der Waals surface area contributed by atoms with Crippen molar-refractivity contribution in [2.45, 2.75) is 159 Å². The Bertz CT molecular complexity index is 1200. The van der Waals surface area contributed by atoms with Gasteiger partial charge in [0.25, 0.3) is 0 Å². The number of cyclic esters (lactones) is 1. The van der Waals surface area contributed by atoms with Gasteiger partial charge in [0.05, 0.1) is 30.0 Å². The maximum absolute atomic E-state index is 12.5. The Morgan fingerprint density at radius 1 is 0.851 bits per heavy atom. The molecule has 0 aromatic rings. The van der Waals surface area contributed by atoms with Gasteiger partial charge < -0.3 is 48.8 Å². The van der Waals surface area contributed by atoms with E-state index in [9.17, 15) is 25.2 Å². The first kappa shape index (κ1) is 34.3. The number of carbonyl (C=O) groups excluding carboxylic acids is 1. The number of ether oxygens (including phenoxy) is 6. The van der Waals surface area contributed by atoms with Crippen LogP contribution < -0.4 is 0 Å². The fourth-order valence-electron chi connectivity index (χ4n) is 11.6. The Balaban J connectivity index is 0.958. The summed E-state index contributed by atoms with van der Waals surface area (Å²) in [5, 5.41) is 44.6. The summed E-state index contributed by atoms with van der Waals surface area (Å²) in [6.45, 7) is 8.61. The van der Waals surface area contributed by atoms with E-state index in [1.54, 1.807) is 13.0 Å². The zero-order valence-electron chi connectivity index (χ0n) is 28.6. The van der Waals surface area contributed by atoms with Crippen molar-refractivity contribution in [3.05, 3.63) is 11.6 Å². The molecule has 4 saturated carbocycles. The standard InChI is InChI=1S/C36H56O11/c1-18-29(39)32(42-5)30(40)33(45-18)47-31-19(2)44-28(16-26(31)37)46-22-8-11-34(3)21(15-22)6-7-25-24(34)9-12-35(4)23(10-13-36(25,35)41)20-14-27(38)43-17-20/h14,18-19,21-26,28-33,37,39-41H,6-13,15-17H2,1-5H3/t18-,19-,21-,22+,23-,24+,25-,26+,28+,29+,30-,31-,32+,33+,34+,35-,36+/m1/s1.